The number of hydrogen-bond acceptors (Lipinski definition) is 2. The molecule has 0 saturated heterocycles. The second kappa shape index (κ2) is 5.68. The van der Waals surface area contributed by atoms with Crippen LogP contribution in [0.5, 0.6) is 0 Å². The first-order chi connectivity index (χ1) is 9.11. The molecule has 0 aliphatic rings. The second-order valence-electron chi connectivity index (χ2n) is 3.87. The summed E-state index contributed by atoms with van der Waals surface area (Å²) < 4.78 is 26.5. The molecule has 0 bridgehead atoms. The Labute approximate surface area is 114 Å². The summed E-state index contributed by atoms with van der Waals surface area (Å²) >= 11 is 5.96. The minimum atomic E-state index is -0.884. The molecule has 0 aliphatic heterocycles. The maximum Gasteiger partial charge on any atom is 0.163 e. The summed E-state index contributed by atoms with van der Waals surface area (Å²) in [6.07, 6.45) is 0. The number of benzene rings is 2. The summed E-state index contributed by atoms with van der Waals surface area (Å²) in [6, 6.07) is 10.7. The van der Waals surface area contributed by atoms with Crippen LogP contribution in [-0.4, -0.2) is 0 Å². The number of hydrogen-bond donors (Lipinski definition) is 1. The lowest BCUT2D eigenvalue weighted by atomic mass is 10.2. The number of anilines is 1. The molecule has 0 heterocycles. The molecular weight excluding hydrogens is 270 g/mol. The molecule has 0 radical (unpaired) electrons. The third-order valence-electron chi connectivity index (χ3n) is 2.60. The van der Waals surface area contributed by atoms with Gasteiger partial charge >= 0.3 is 0 Å². The van der Waals surface area contributed by atoms with Crippen molar-refractivity contribution >= 4 is 17.3 Å². The lowest BCUT2D eigenvalue weighted by Crippen LogP contribution is -2.03. The van der Waals surface area contributed by atoms with Gasteiger partial charge in [-0.2, -0.15) is 5.26 Å². The van der Waals surface area contributed by atoms with E-state index in [2.05, 4.69) is 5.32 Å². The highest BCUT2D eigenvalue weighted by Gasteiger charge is 2.08. The topological polar surface area (TPSA) is 35.8 Å². The third kappa shape index (κ3) is 3.01. The van der Waals surface area contributed by atoms with Crippen LogP contribution in [0.4, 0.5) is 14.5 Å². The SMILES string of the molecule is N#Cc1ccc(NCc2cccc(F)c2F)c(Cl)c1. The summed E-state index contributed by atoms with van der Waals surface area (Å²) in [6.45, 7) is 0.106. The van der Waals surface area contributed by atoms with Gasteiger partial charge in [0, 0.05) is 12.1 Å². The van der Waals surface area contributed by atoms with Gasteiger partial charge in [-0.05, 0) is 24.3 Å². The average Bonchev–Trinajstić information content (AvgIpc) is 2.41. The summed E-state index contributed by atoms with van der Waals surface area (Å²) in [7, 11) is 0. The Morgan fingerprint density at radius 3 is 2.68 bits per heavy atom. The Morgan fingerprint density at radius 2 is 2.00 bits per heavy atom. The van der Waals surface area contributed by atoms with Gasteiger partial charge in [0.2, 0.25) is 0 Å². The van der Waals surface area contributed by atoms with Crippen molar-refractivity contribution in [2.75, 3.05) is 5.32 Å². The molecule has 0 unspecified atom stereocenters. The molecule has 19 heavy (non-hydrogen) atoms. The monoisotopic (exact) mass is 278 g/mol. The van der Waals surface area contributed by atoms with E-state index in [1.54, 1.807) is 12.1 Å². The molecule has 2 aromatic carbocycles. The van der Waals surface area contributed by atoms with Crippen LogP contribution in [0.15, 0.2) is 36.4 Å². The Morgan fingerprint density at radius 1 is 1.21 bits per heavy atom. The van der Waals surface area contributed by atoms with E-state index in [0.717, 1.165) is 6.07 Å². The molecule has 0 amide bonds. The predicted molar refractivity (Wildman–Crippen MR) is 69.9 cm³/mol. The number of nitrogens with one attached hydrogen (secondary N) is 1. The van der Waals surface area contributed by atoms with E-state index in [9.17, 15) is 8.78 Å². The zero-order chi connectivity index (χ0) is 13.8. The van der Waals surface area contributed by atoms with Crippen LogP contribution in [-0.2, 0) is 6.54 Å². The molecule has 2 aromatic rings. The summed E-state index contributed by atoms with van der Waals surface area (Å²) in [5.74, 6) is -1.76. The lowest BCUT2D eigenvalue weighted by molar-refractivity contribution is 0.500. The Balaban J connectivity index is 2.15. The first kappa shape index (κ1) is 13.3. The molecule has 0 aliphatic carbocycles. The lowest BCUT2D eigenvalue weighted by Gasteiger charge is -2.09. The van der Waals surface area contributed by atoms with Gasteiger partial charge in [0.1, 0.15) is 0 Å². The van der Waals surface area contributed by atoms with Crippen molar-refractivity contribution in [2.45, 2.75) is 6.54 Å². The molecule has 0 aromatic heterocycles. The Kier molecular flexibility index (Phi) is 3.98. The van der Waals surface area contributed by atoms with Crippen molar-refractivity contribution < 1.29 is 8.78 Å². The fourth-order valence-electron chi connectivity index (χ4n) is 1.60. The van der Waals surface area contributed by atoms with E-state index >= 15 is 0 Å². The van der Waals surface area contributed by atoms with Crippen LogP contribution in [0.2, 0.25) is 5.02 Å². The molecule has 0 spiro atoms. The fraction of sp³-hybridized carbons (Fsp3) is 0.0714. The van der Waals surface area contributed by atoms with Gasteiger partial charge in [-0.25, -0.2) is 8.78 Å². The number of rotatable bonds is 3. The van der Waals surface area contributed by atoms with Crippen molar-refractivity contribution in [3.8, 4) is 6.07 Å². The van der Waals surface area contributed by atoms with Gasteiger partial charge < -0.3 is 5.32 Å². The van der Waals surface area contributed by atoms with Crippen LogP contribution in [0, 0.1) is 23.0 Å². The molecular formula is C14H9ClF2N2. The largest absolute Gasteiger partial charge is 0.380 e. The molecule has 0 fully saturated rings. The average molecular weight is 279 g/mol. The fourth-order valence-corrected chi connectivity index (χ4v) is 1.85. The molecule has 2 nitrogen and oxygen atoms in total. The Bertz CT molecular complexity index is 650. The van der Waals surface area contributed by atoms with Gasteiger partial charge in [-0.15, -0.1) is 0 Å². The number of nitriles is 1. The van der Waals surface area contributed by atoms with E-state index in [1.165, 1.54) is 18.2 Å². The van der Waals surface area contributed by atoms with Crippen molar-refractivity contribution in [1.29, 1.82) is 5.26 Å². The van der Waals surface area contributed by atoms with Crippen molar-refractivity contribution in [3.05, 3.63) is 64.2 Å². The van der Waals surface area contributed by atoms with Crippen molar-refractivity contribution in [3.63, 3.8) is 0 Å². The van der Waals surface area contributed by atoms with Crippen molar-refractivity contribution in [1.82, 2.24) is 0 Å². The first-order valence-corrected chi connectivity index (χ1v) is 5.86. The predicted octanol–water partition coefficient (Wildman–Crippen LogP) is 4.10. The third-order valence-corrected chi connectivity index (χ3v) is 2.91. The van der Waals surface area contributed by atoms with E-state index in [0.29, 0.717) is 16.3 Å². The molecule has 5 heteroatoms. The summed E-state index contributed by atoms with van der Waals surface area (Å²) in [4.78, 5) is 0. The van der Waals surface area contributed by atoms with Crippen LogP contribution in [0.1, 0.15) is 11.1 Å². The molecule has 0 atom stereocenters. The summed E-state index contributed by atoms with van der Waals surface area (Å²) in [5.41, 5.74) is 1.21. The zero-order valence-corrected chi connectivity index (χ0v) is 10.5. The van der Waals surface area contributed by atoms with Crippen LogP contribution < -0.4 is 5.32 Å². The van der Waals surface area contributed by atoms with Crippen molar-refractivity contribution in [2.24, 2.45) is 0 Å². The highest BCUT2D eigenvalue weighted by Crippen LogP contribution is 2.23. The van der Waals surface area contributed by atoms with E-state index in [4.69, 9.17) is 16.9 Å². The maximum absolute atomic E-state index is 13.4. The standard InChI is InChI=1S/C14H9ClF2N2/c15-11-6-9(7-18)4-5-13(11)19-8-10-2-1-3-12(16)14(10)17/h1-6,19H,8H2. The highest BCUT2D eigenvalue weighted by atomic mass is 35.5. The van der Waals surface area contributed by atoms with E-state index in [1.807, 2.05) is 6.07 Å². The van der Waals surface area contributed by atoms with Crippen LogP contribution in [0.25, 0.3) is 0 Å². The van der Waals surface area contributed by atoms with Gasteiger partial charge in [0.25, 0.3) is 0 Å². The summed E-state index contributed by atoms with van der Waals surface area (Å²) in [5, 5.41) is 12.0. The zero-order valence-electron chi connectivity index (χ0n) is 9.75. The number of nitrogens with zero attached hydrogens (tertiary/aromatic N) is 1. The Hall–Kier alpha value is -2.12. The van der Waals surface area contributed by atoms with Crippen LogP contribution in [0.3, 0.4) is 0 Å². The quantitative estimate of drug-likeness (QED) is 0.917. The second-order valence-corrected chi connectivity index (χ2v) is 4.28. The molecule has 96 valence electrons. The smallest absolute Gasteiger partial charge is 0.163 e. The van der Waals surface area contributed by atoms with Gasteiger partial charge in [-0.3, -0.25) is 0 Å². The minimum Gasteiger partial charge on any atom is -0.380 e. The molecule has 0 saturated carbocycles. The minimum absolute atomic E-state index is 0.106. The van der Waals surface area contributed by atoms with Crippen LogP contribution >= 0.6 is 11.6 Å². The van der Waals surface area contributed by atoms with E-state index in [-0.39, 0.29) is 12.1 Å². The van der Waals surface area contributed by atoms with Gasteiger partial charge in [-0.1, -0.05) is 23.7 Å². The van der Waals surface area contributed by atoms with Gasteiger partial charge in [0.15, 0.2) is 11.6 Å². The maximum atomic E-state index is 13.4. The number of halogens is 3. The molecule has 2 rings (SSSR count). The normalized spacial score (nSPS) is 10.0. The highest BCUT2D eigenvalue weighted by molar-refractivity contribution is 6.33. The van der Waals surface area contributed by atoms with E-state index < -0.39 is 11.6 Å². The first-order valence-electron chi connectivity index (χ1n) is 5.48. The van der Waals surface area contributed by atoms with Gasteiger partial charge in [0.05, 0.1) is 22.3 Å². The molecule has 1 N–H and O–H groups in total.